The van der Waals surface area contributed by atoms with Crippen LogP contribution in [0.15, 0.2) is 54.6 Å². The zero-order valence-corrected chi connectivity index (χ0v) is 19.3. The number of rotatable bonds is 8. The molecule has 176 valence electrons. The maximum atomic E-state index is 13.1. The van der Waals surface area contributed by atoms with E-state index in [-0.39, 0.29) is 6.42 Å². The third kappa shape index (κ3) is 7.75. The average Bonchev–Trinajstić information content (AvgIpc) is 2.75. The van der Waals surface area contributed by atoms with Crippen LogP contribution in [0.3, 0.4) is 0 Å². The number of amides is 3. The minimum Gasteiger partial charge on any atom is -0.481 e. The van der Waals surface area contributed by atoms with Gasteiger partial charge in [-0.3, -0.25) is 19.7 Å². The van der Waals surface area contributed by atoms with Gasteiger partial charge in [0.2, 0.25) is 5.91 Å². The van der Waals surface area contributed by atoms with E-state index in [1.165, 1.54) is 0 Å². The predicted octanol–water partition coefficient (Wildman–Crippen LogP) is 3.34. The van der Waals surface area contributed by atoms with Gasteiger partial charge in [0.05, 0.1) is 5.92 Å². The van der Waals surface area contributed by atoms with Crippen LogP contribution in [0.4, 0.5) is 4.79 Å². The van der Waals surface area contributed by atoms with Crippen LogP contribution >= 0.6 is 0 Å². The third-order valence-corrected chi connectivity index (χ3v) is 4.85. The summed E-state index contributed by atoms with van der Waals surface area (Å²) in [4.78, 5) is 50.4. The largest absolute Gasteiger partial charge is 0.481 e. The number of imide groups is 1. The molecule has 0 radical (unpaired) electrons. The van der Waals surface area contributed by atoms with Crippen molar-refractivity contribution in [3.63, 3.8) is 0 Å². The predicted molar refractivity (Wildman–Crippen MR) is 123 cm³/mol. The molecule has 0 spiro atoms. The molecule has 8 nitrogen and oxygen atoms in total. The van der Waals surface area contributed by atoms with E-state index in [0.717, 1.165) is 5.56 Å². The van der Waals surface area contributed by atoms with Gasteiger partial charge in [-0.15, -0.1) is 0 Å². The highest BCUT2D eigenvalue weighted by Crippen LogP contribution is 2.16. The number of aryl methyl sites for hydroxylation is 1. The fraction of sp³-hybridized carbons (Fsp3) is 0.360. The first-order chi connectivity index (χ1) is 15.5. The summed E-state index contributed by atoms with van der Waals surface area (Å²) in [5.41, 5.74) is 0.841. The topological polar surface area (TPSA) is 122 Å². The lowest BCUT2D eigenvalue weighted by molar-refractivity contribution is -0.145. The summed E-state index contributed by atoms with van der Waals surface area (Å²) in [6.07, 6.45) is -0.421. The van der Waals surface area contributed by atoms with Crippen molar-refractivity contribution in [2.45, 2.75) is 52.2 Å². The van der Waals surface area contributed by atoms with Gasteiger partial charge in [0.1, 0.15) is 11.6 Å². The Morgan fingerprint density at radius 1 is 0.970 bits per heavy atom. The molecule has 0 saturated heterocycles. The molecular formula is C25H30N2O6. The molecule has 0 saturated carbocycles. The highest BCUT2D eigenvalue weighted by Gasteiger charge is 2.37. The van der Waals surface area contributed by atoms with E-state index in [2.05, 4.69) is 10.6 Å². The lowest BCUT2D eigenvalue weighted by atomic mass is 9.91. The second kappa shape index (κ2) is 11.3. The van der Waals surface area contributed by atoms with Crippen molar-refractivity contribution in [3.05, 3.63) is 71.3 Å². The van der Waals surface area contributed by atoms with Gasteiger partial charge in [0, 0.05) is 5.56 Å². The van der Waals surface area contributed by atoms with Gasteiger partial charge in [0.25, 0.3) is 5.91 Å². The number of carboxylic acid groups (broad SMARTS) is 1. The Bertz CT molecular complexity index is 997. The van der Waals surface area contributed by atoms with Crippen LogP contribution < -0.4 is 10.6 Å². The first kappa shape index (κ1) is 25.6. The normalized spacial score (nSPS) is 12.8. The van der Waals surface area contributed by atoms with Crippen molar-refractivity contribution in [1.29, 1.82) is 0 Å². The Labute approximate surface area is 193 Å². The highest BCUT2D eigenvalue weighted by molar-refractivity contribution is 6.08. The summed E-state index contributed by atoms with van der Waals surface area (Å²) < 4.78 is 5.22. The van der Waals surface area contributed by atoms with E-state index in [4.69, 9.17) is 4.74 Å². The summed E-state index contributed by atoms with van der Waals surface area (Å²) in [6, 6.07) is 14.0. The van der Waals surface area contributed by atoms with Crippen LogP contribution in [0.5, 0.6) is 0 Å². The van der Waals surface area contributed by atoms with Crippen molar-refractivity contribution in [3.8, 4) is 0 Å². The molecule has 2 aromatic carbocycles. The molecule has 0 heterocycles. The second-order valence-corrected chi connectivity index (χ2v) is 8.59. The quantitative estimate of drug-likeness (QED) is 0.562. The zero-order valence-electron chi connectivity index (χ0n) is 19.3. The summed E-state index contributed by atoms with van der Waals surface area (Å²) >= 11 is 0. The van der Waals surface area contributed by atoms with Crippen molar-refractivity contribution in [2.24, 2.45) is 5.92 Å². The molecule has 0 bridgehead atoms. The average molecular weight is 455 g/mol. The molecular weight excluding hydrogens is 424 g/mol. The van der Waals surface area contributed by atoms with Crippen LogP contribution in [0.2, 0.25) is 0 Å². The molecule has 3 amide bonds. The van der Waals surface area contributed by atoms with Crippen molar-refractivity contribution < 1.29 is 29.0 Å². The van der Waals surface area contributed by atoms with E-state index in [1.807, 2.05) is 6.92 Å². The first-order valence-electron chi connectivity index (χ1n) is 10.7. The maximum Gasteiger partial charge on any atom is 0.408 e. The number of hydrogen-bond acceptors (Lipinski definition) is 5. The monoisotopic (exact) mass is 454 g/mol. The van der Waals surface area contributed by atoms with Crippen molar-refractivity contribution in [1.82, 2.24) is 10.6 Å². The Balaban J connectivity index is 2.33. The highest BCUT2D eigenvalue weighted by atomic mass is 16.6. The maximum absolute atomic E-state index is 13.1. The molecule has 2 aromatic rings. The standard InChI is InChI=1S/C25H30N2O6/c1-5-17-13-9-10-14-18(17)21(28)27-22(29)20(26-24(32)33-25(2,3)4)19(23(30)31)15-16-11-7-6-8-12-16/h6-14,19-20H,5,15H2,1-4H3,(H,26,32)(H,30,31)(H,27,28,29)/t19?,20-/m0/s1. The van der Waals surface area contributed by atoms with Crippen LogP contribution in [0, 0.1) is 5.92 Å². The molecule has 2 rings (SSSR count). The number of carboxylic acids is 1. The first-order valence-corrected chi connectivity index (χ1v) is 10.7. The fourth-order valence-corrected chi connectivity index (χ4v) is 3.31. The van der Waals surface area contributed by atoms with Gasteiger partial charge < -0.3 is 15.2 Å². The zero-order chi connectivity index (χ0) is 24.6. The number of aliphatic carboxylic acids is 1. The third-order valence-electron chi connectivity index (χ3n) is 4.85. The van der Waals surface area contributed by atoms with Crippen LogP contribution in [-0.4, -0.2) is 40.6 Å². The SMILES string of the molecule is CCc1ccccc1C(=O)NC(=O)[C@@H](NC(=O)OC(C)(C)C)C(Cc1ccccc1)C(=O)O. The Kier molecular flexibility index (Phi) is 8.73. The molecule has 33 heavy (non-hydrogen) atoms. The molecule has 0 aliphatic rings. The van der Waals surface area contributed by atoms with Gasteiger partial charge in [-0.25, -0.2) is 4.79 Å². The van der Waals surface area contributed by atoms with E-state index in [0.29, 0.717) is 17.5 Å². The van der Waals surface area contributed by atoms with Crippen LogP contribution in [0.25, 0.3) is 0 Å². The Morgan fingerprint density at radius 3 is 2.15 bits per heavy atom. The molecule has 3 N–H and O–H groups in total. The van der Waals surface area contributed by atoms with Crippen LogP contribution in [-0.2, 0) is 27.2 Å². The fourth-order valence-electron chi connectivity index (χ4n) is 3.31. The molecule has 2 atom stereocenters. The van der Waals surface area contributed by atoms with Crippen LogP contribution in [0.1, 0.15) is 49.2 Å². The summed E-state index contributed by atoms with van der Waals surface area (Å²) in [5, 5.41) is 14.5. The number of alkyl carbamates (subject to hydrolysis) is 1. The second-order valence-electron chi connectivity index (χ2n) is 8.59. The van der Waals surface area contributed by atoms with Gasteiger partial charge in [-0.05, 0) is 50.8 Å². The molecule has 0 aliphatic carbocycles. The minimum atomic E-state index is -1.55. The summed E-state index contributed by atoms with van der Waals surface area (Å²) in [7, 11) is 0. The number of ether oxygens (including phenoxy) is 1. The molecule has 8 heteroatoms. The van der Waals surface area contributed by atoms with Gasteiger partial charge in [-0.1, -0.05) is 55.5 Å². The van der Waals surface area contributed by atoms with Crippen molar-refractivity contribution >= 4 is 23.9 Å². The molecule has 0 aromatic heterocycles. The Morgan fingerprint density at radius 2 is 1.58 bits per heavy atom. The molecule has 0 aliphatic heterocycles. The molecule has 1 unspecified atom stereocenters. The lowest BCUT2D eigenvalue weighted by Gasteiger charge is -2.26. The lowest BCUT2D eigenvalue weighted by Crippen LogP contribution is -2.55. The van der Waals surface area contributed by atoms with Gasteiger partial charge in [-0.2, -0.15) is 0 Å². The van der Waals surface area contributed by atoms with Gasteiger partial charge >= 0.3 is 12.1 Å². The smallest absolute Gasteiger partial charge is 0.408 e. The van der Waals surface area contributed by atoms with Crippen molar-refractivity contribution in [2.75, 3.05) is 0 Å². The van der Waals surface area contributed by atoms with E-state index in [9.17, 15) is 24.3 Å². The van der Waals surface area contributed by atoms with E-state index in [1.54, 1.807) is 75.4 Å². The summed E-state index contributed by atoms with van der Waals surface area (Å²) in [5.74, 6) is -4.23. The minimum absolute atomic E-state index is 0.0379. The number of benzene rings is 2. The van der Waals surface area contributed by atoms with E-state index < -0.39 is 41.4 Å². The Hall–Kier alpha value is -3.68. The molecule has 0 fully saturated rings. The number of carbonyl (C=O) groups excluding carboxylic acids is 3. The summed E-state index contributed by atoms with van der Waals surface area (Å²) in [6.45, 7) is 6.81. The number of nitrogens with one attached hydrogen (secondary N) is 2. The van der Waals surface area contributed by atoms with E-state index >= 15 is 0 Å². The van der Waals surface area contributed by atoms with Gasteiger partial charge in [0.15, 0.2) is 0 Å². The number of hydrogen-bond donors (Lipinski definition) is 3. The number of carbonyl (C=O) groups is 4.